The number of carboxylic acid groups (broad SMARTS) is 1. The van der Waals surface area contributed by atoms with Crippen molar-refractivity contribution in [2.45, 2.75) is 25.6 Å². The number of fused-ring (bicyclic) bond motifs is 1. The van der Waals surface area contributed by atoms with E-state index in [4.69, 9.17) is 26.2 Å². The van der Waals surface area contributed by atoms with Gasteiger partial charge in [0.25, 0.3) is 5.79 Å². The van der Waals surface area contributed by atoms with Crippen molar-refractivity contribution in [2.24, 2.45) is 0 Å². The number of ether oxygens (including phenoxy) is 2. The topological polar surface area (TPSA) is 71.9 Å². The molecule has 0 radical (unpaired) electrons. The number of para-hydroxylation sites is 1. The lowest BCUT2D eigenvalue weighted by Gasteiger charge is -2.29. The van der Waals surface area contributed by atoms with Crippen LogP contribution < -0.4 is 14.4 Å². The number of rotatable bonds is 4. The fourth-order valence-corrected chi connectivity index (χ4v) is 3.51. The molecule has 140 valence electrons. The van der Waals surface area contributed by atoms with Crippen molar-refractivity contribution in [3.63, 3.8) is 0 Å². The number of pyridine rings is 1. The Hall–Kier alpha value is -2.73. The molecule has 1 aromatic heterocycles. The van der Waals surface area contributed by atoms with E-state index in [0.29, 0.717) is 35.2 Å². The summed E-state index contributed by atoms with van der Waals surface area (Å²) in [6, 6.07) is 9.32. The molecule has 2 aromatic rings. The highest BCUT2D eigenvalue weighted by Crippen LogP contribution is 2.49. The Balaban J connectivity index is 1.58. The van der Waals surface area contributed by atoms with Crippen LogP contribution in [0.2, 0.25) is 5.02 Å². The van der Waals surface area contributed by atoms with Crippen molar-refractivity contribution in [3.8, 4) is 11.5 Å². The molecule has 1 N–H and O–H groups in total. The van der Waals surface area contributed by atoms with Crippen LogP contribution in [0, 0.1) is 0 Å². The van der Waals surface area contributed by atoms with Crippen LogP contribution in [0.25, 0.3) is 0 Å². The molecule has 27 heavy (non-hydrogen) atoms. The van der Waals surface area contributed by atoms with Crippen molar-refractivity contribution in [3.05, 3.63) is 58.9 Å². The molecule has 0 saturated carbocycles. The molecule has 0 aliphatic carbocycles. The smallest absolute Gasteiger partial charge is 0.307 e. The third-order valence-corrected chi connectivity index (χ3v) is 5.00. The molecular weight excluding hydrogens is 368 g/mol. The van der Waals surface area contributed by atoms with Gasteiger partial charge < -0.3 is 19.5 Å². The molecule has 4 rings (SSSR count). The van der Waals surface area contributed by atoms with Crippen molar-refractivity contribution < 1.29 is 19.4 Å². The van der Waals surface area contributed by atoms with Gasteiger partial charge in [-0.2, -0.15) is 0 Å². The summed E-state index contributed by atoms with van der Waals surface area (Å²) >= 11 is 5.93. The maximum atomic E-state index is 10.9. The third kappa shape index (κ3) is 3.45. The van der Waals surface area contributed by atoms with Crippen LogP contribution in [0.15, 0.2) is 48.2 Å². The van der Waals surface area contributed by atoms with Crippen molar-refractivity contribution >= 4 is 23.3 Å². The molecule has 6 nitrogen and oxygen atoms in total. The minimum Gasteiger partial charge on any atom is -0.481 e. The zero-order valence-electron chi connectivity index (χ0n) is 14.8. The SMILES string of the molecule is C[C@@]1(c2ccc(Cl)cn2)Oc2cccc(N3CC=C(CC(=O)O)CC3)c2O1. The molecule has 0 amide bonds. The fourth-order valence-electron chi connectivity index (χ4n) is 3.40. The molecule has 1 atom stereocenters. The van der Waals surface area contributed by atoms with Gasteiger partial charge in [0.05, 0.1) is 17.1 Å². The molecule has 7 heteroatoms. The minimum atomic E-state index is -1.02. The van der Waals surface area contributed by atoms with E-state index >= 15 is 0 Å². The number of aromatic nitrogens is 1. The standard InChI is InChI=1S/C20H19ClN2O4/c1-20(17-6-5-14(21)12-22-17)26-16-4-2-3-15(19(16)27-20)23-9-7-13(8-10-23)11-18(24)25/h2-7,12H,8-11H2,1H3,(H,24,25)/t20-/m1/s1. The molecule has 0 unspecified atom stereocenters. The Kier molecular flexibility index (Phi) is 4.44. The predicted molar refractivity (Wildman–Crippen MR) is 101 cm³/mol. The van der Waals surface area contributed by atoms with Gasteiger partial charge in [-0.05, 0) is 30.7 Å². The molecule has 2 aliphatic rings. The Morgan fingerprint density at radius 1 is 1.33 bits per heavy atom. The number of anilines is 1. The highest BCUT2D eigenvalue weighted by atomic mass is 35.5. The van der Waals surface area contributed by atoms with Gasteiger partial charge in [0.1, 0.15) is 5.69 Å². The van der Waals surface area contributed by atoms with E-state index in [2.05, 4.69) is 9.88 Å². The van der Waals surface area contributed by atoms with Crippen LogP contribution in [0.5, 0.6) is 11.5 Å². The maximum absolute atomic E-state index is 10.9. The summed E-state index contributed by atoms with van der Waals surface area (Å²) < 4.78 is 12.3. The van der Waals surface area contributed by atoms with E-state index in [9.17, 15) is 4.79 Å². The van der Waals surface area contributed by atoms with E-state index in [-0.39, 0.29) is 6.42 Å². The lowest BCUT2D eigenvalue weighted by Crippen LogP contribution is -2.33. The average molecular weight is 387 g/mol. The maximum Gasteiger partial charge on any atom is 0.307 e. The molecule has 0 bridgehead atoms. The molecule has 0 saturated heterocycles. The summed E-state index contributed by atoms with van der Waals surface area (Å²) in [7, 11) is 0. The lowest BCUT2D eigenvalue weighted by molar-refractivity contribution is -0.136. The second-order valence-electron chi connectivity index (χ2n) is 6.74. The van der Waals surface area contributed by atoms with Gasteiger partial charge in [-0.1, -0.05) is 29.3 Å². The van der Waals surface area contributed by atoms with Gasteiger partial charge in [-0.15, -0.1) is 0 Å². The van der Waals surface area contributed by atoms with Gasteiger partial charge in [0, 0.05) is 26.2 Å². The van der Waals surface area contributed by atoms with E-state index < -0.39 is 11.8 Å². The highest BCUT2D eigenvalue weighted by Gasteiger charge is 2.42. The summed E-state index contributed by atoms with van der Waals surface area (Å²) in [5.41, 5.74) is 2.52. The highest BCUT2D eigenvalue weighted by molar-refractivity contribution is 6.30. The van der Waals surface area contributed by atoms with Gasteiger partial charge in [-0.3, -0.25) is 9.78 Å². The average Bonchev–Trinajstić information content (AvgIpc) is 3.00. The fraction of sp³-hybridized carbons (Fsp3) is 0.300. The molecule has 0 spiro atoms. The number of hydrogen-bond acceptors (Lipinski definition) is 5. The summed E-state index contributed by atoms with van der Waals surface area (Å²) in [4.78, 5) is 17.4. The van der Waals surface area contributed by atoms with Crippen LogP contribution in [-0.4, -0.2) is 29.1 Å². The number of benzene rings is 1. The summed E-state index contributed by atoms with van der Waals surface area (Å²) in [6.45, 7) is 3.20. The predicted octanol–water partition coefficient (Wildman–Crippen LogP) is 3.99. The van der Waals surface area contributed by atoms with E-state index in [0.717, 1.165) is 17.8 Å². The van der Waals surface area contributed by atoms with Gasteiger partial charge >= 0.3 is 5.97 Å². The van der Waals surface area contributed by atoms with Crippen LogP contribution in [0.4, 0.5) is 5.69 Å². The zero-order chi connectivity index (χ0) is 19.0. The van der Waals surface area contributed by atoms with Gasteiger partial charge in [-0.25, -0.2) is 0 Å². The molecule has 2 aliphatic heterocycles. The molecular formula is C20H19ClN2O4. The lowest BCUT2D eigenvalue weighted by atomic mass is 10.0. The second-order valence-corrected chi connectivity index (χ2v) is 7.18. The van der Waals surface area contributed by atoms with Crippen LogP contribution in [0.1, 0.15) is 25.5 Å². The molecule has 1 aromatic carbocycles. The van der Waals surface area contributed by atoms with E-state index in [1.807, 2.05) is 31.2 Å². The first-order valence-corrected chi connectivity index (χ1v) is 9.10. The van der Waals surface area contributed by atoms with Crippen LogP contribution in [0.3, 0.4) is 0 Å². The Bertz CT molecular complexity index is 913. The second kappa shape index (κ2) is 6.78. The number of carbonyl (C=O) groups is 1. The third-order valence-electron chi connectivity index (χ3n) is 4.77. The normalized spacial score (nSPS) is 21.1. The summed E-state index contributed by atoms with van der Waals surface area (Å²) in [6.07, 6.45) is 4.36. The van der Waals surface area contributed by atoms with E-state index in [1.165, 1.54) is 0 Å². The molecule has 0 fully saturated rings. The minimum absolute atomic E-state index is 0.0979. The number of carboxylic acids is 1. The Morgan fingerprint density at radius 2 is 2.19 bits per heavy atom. The number of hydrogen-bond donors (Lipinski definition) is 1. The van der Waals surface area contributed by atoms with Crippen molar-refractivity contribution in [2.75, 3.05) is 18.0 Å². The van der Waals surface area contributed by atoms with Crippen molar-refractivity contribution in [1.82, 2.24) is 4.98 Å². The summed E-state index contributed by atoms with van der Waals surface area (Å²) in [5.74, 6) is -0.486. The number of halogens is 1. The quantitative estimate of drug-likeness (QED) is 0.801. The van der Waals surface area contributed by atoms with Crippen LogP contribution in [-0.2, 0) is 10.6 Å². The Labute approximate surface area is 162 Å². The number of nitrogens with zero attached hydrogens (tertiary/aromatic N) is 2. The number of aliphatic carboxylic acids is 1. The van der Waals surface area contributed by atoms with Crippen LogP contribution >= 0.6 is 11.6 Å². The largest absolute Gasteiger partial charge is 0.481 e. The monoisotopic (exact) mass is 386 g/mol. The summed E-state index contributed by atoms with van der Waals surface area (Å²) in [5, 5.41) is 9.51. The van der Waals surface area contributed by atoms with Gasteiger partial charge in [0.2, 0.25) is 0 Å². The first-order chi connectivity index (χ1) is 12.9. The zero-order valence-corrected chi connectivity index (χ0v) is 15.6. The first kappa shape index (κ1) is 17.7. The van der Waals surface area contributed by atoms with Gasteiger partial charge in [0.15, 0.2) is 11.5 Å². The Morgan fingerprint density at radius 3 is 2.85 bits per heavy atom. The molecule has 3 heterocycles. The first-order valence-electron chi connectivity index (χ1n) is 8.72. The van der Waals surface area contributed by atoms with Crippen molar-refractivity contribution in [1.29, 1.82) is 0 Å². The van der Waals surface area contributed by atoms with E-state index in [1.54, 1.807) is 18.3 Å².